The van der Waals surface area contributed by atoms with Crippen molar-refractivity contribution in [2.75, 3.05) is 24.5 Å². The highest BCUT2D eigenvalue weighted by molar-refractivity contribution is 6.00. The van der Waals surface area contributed by atoms with Crippen LogP contribution in [0.1, 0.15) is 6.92 Å². The number of benzene rings is 2. The van der Waals surface area contributed by atoms with Crippen LogP contribution in [-0.4, -0.2) is 30.6 Å². The molecule has 1 heterocycles. The van der Waals surface area contributed by atoms with Gasteiger partial charge in [0.05, 0.1) is 10.3 Å². The van der Waals surface area contributed by atoms with Gasteiger partial charge in [-0.15, -0.1) is 0 Å². The summed E-state index contributed by atoms with van der Waals surface area (Å²) in [6, 6.07) is 11.5. The molecule has 0 spiro atoms. The normalized spacial score (nSPS) is 19.2. The number of rotatable bonds is 2. The first-order valence-electron chi connectivity index (χ1n) is 6.81. The van der Waals surface area contributed by atoms with Crippen LogP contribution in [0.2, 0.25) is 0 Å². The van der Waals surface area contributed by atoms with E-state index in [2.05, 4.69) is 17.1 Å². The van der Waals surface area contributed by atoms with Crippen LogP contribution in [0.15, 0.2) is 36.4 Å². The molecule has 3 rings (SSSR count). The van der Waals surface area contributed by atoms with Gasteiger partial charge in [0.1, 0.15) is 0 Å². The highest BCUT2D eigenvalue weighted by atomic mass is 16.6. The Morgan fingerprint density at radius 3 is 2.70 bits per heavy atom. The number of anilines is 1. The lowest BCUT2D eigenvalue weighted by Gasteiger charge is -2.34. The molecule has 20 heavy (non-hydrogen) atoms. The lowest BCUT2D eigenvalue weighted by molar-refractivity contribution is -0.383. The first kappa shape index (κ1) is 12.9. The maximum absolute atomic E-state index is 11.1. The number of fused-ring (bicyclic) bond motifs is 1. The van der Waals surface area contributed by atoms with Crippen molar-refractivity contribution in [3.63, 3.8) is 0 Å². The lowest BCUT2D eigenvalue weighted by atomic mass is 10.0. The van der Waals surface area contributed by atoms with Gasteiger partial charge in [0.15, 0.2) is 0 Å². The summed E-state index contributed by atoms with van der Waals surface area (Å²) in [5.41, 5.74) is 1.26. The Kier molecular flexibility index (Phi) is 3.28. The van der Waals surface area contributed by atoms with E-state index >= 15 is 0 Å². The van der Waals surface area contributed by atoms with Crippen LogP contribution < -0.4 is 10.2 Å². The number of piperazine rings is 1. The predicted molar refractivity (Wildman–Crippen MR) is 80.3 cm³/mol. The number of non-ortho nitro benzene ring substituents is 1. The molecule has 0 aromatic heterocycles. The molecule has 1 saturated heterocycles. The zero-order chi connectivity index (χ0) is 14.1. The summed E-state index contributed by atoms with van der Waals surface area (Å²) >= 11 is 0. The molecule has 0 radical (unpaired) electrons. The molecule has 0 bridgehead atoms. The molecule has 1 aliphatic rings. The molecular weight excluding hydrogens is 254 g/mol. The van der Waals surface area contributed by atoms with Crippen LogP contribution in [0.4, 0.5) is 11.4 Å². The van der Waals surface area contributed by atoms with Crippen LogP contribution in [0.3, 0.4) is 0 Å². The number of nitro groups is 1. The molecular formula is C15H17N3O2. The van der Waals surface area contributed by atoms with E-state index in [4.69, 9.17) is 0 Å². The maximum atomic E-state index is 11.1. The van der Waals surface area contributed by atoms with Crippen molar-refractivity contribution >= 4 is 22.1 Å². The fourth-order valence-electron chi connectivity index (χ4n) is 2.85. The number of nitrogens with one attached hydrogen (secondary N) is 1. The van der Waals surface area contributed by atoms with Gasteiger partial charge in [0.25, 0.3) is 5.69 Å². The van der Waals surface area contributed by atoms with Crippen molar-refractivity contribution in [1.82, 2.24) is 5.32 Å². The van der Waals surface area contributed by atoms with E-state index < -0.39 is 0 Å². The second-order valence-electron chi connectivity index (χ2n) is 5.21. The topological polar surface area (TPSA) is 58.4 Å². The van der Waals surface area contributed by atoms with E-state index in [1.807, 2.05) is 30.3 Å². The summed E-state index contributed by atoms with van der Waals surface area (Å²) in [4.78, 5) is 13.1. The minimum atomic E-state index is -0.313. The lowest BCUT2D eigenvalue weighted by Crippen LogP contribution is -2.49. The van der Waals surface area contributed by atoms with Gasteiger partial charge in [0, 0.05) is 42.8 Å². The average Bonchev–Trinajstić information content (AvgIpc) is 2.46. The summed E-state index contributed by atoms with van der Waals surface area (Å²) in [5, 5.41) is 16.2. The van der Waals surface area contributed by atoms with Crippen LogP contribution in [0, 0.1) is 10.1 Å². The summed E-state index contributed by atoms with van der Waals surface area (Å²) in [7, 11) is 0. The molecule has 2 aromatic rings. The monoisotopic (exact) mass is 271 g/mol. The van der Waals surface area contributed by atoms with E-state index in [0.717, 1.165) is 30.7 Å². The van der Waals surface area contributed by atoms with E-state index in [0.29, 0.717) is 11.4 Å². The van der Waals surface area contributed by atoms with Crippen LogP contribution >= 0.6 is 0 Å². The summed E-state index contributed by atoms with van der Waals surface area (Å²) in [6.45, 7) is 4.93. The van der Waals surface area contributed by atoms with Gasteiger partial charge < -0.3 is 10.2 Å². The fourth-order valence-corrected chi connectivity index (χ4v) is 2.85. The predicted octanol–water partition coefficient (Wildman–Crippen LogP) is 2.55. The Hall–Kier alpha value is -2.14. The highest BCUT2D eigenvalue weighted by Gasteiger charge is 2.20. The standard InChI is InChI=1S/C15H17N3O2/c1-11-10-17(9-8-16-11)14-6-7-15(18(19)20)13-5-3-2-4-12(13)14/h2-7,11,16H,8-10H2,1H3/t11-/m0/s1. The second kappa shape index (κ2) is 5.09. The quantitative estimate of drug-likeness (QED) is 0.673. The van der Waals surface area contributed by atoms with Gasteiger partial charge in [-0.25, -0.2) is 0 Å². The van der Waals surface area contributed by atoms with E-state index in [1.165, 1.54) is 0 Å². The van der Waals surface area contributed by atoms with Crippen molar-refractivity contribution in [3.8, 4) is 0 Å². The summed E-state index contributed by atoms with van der Waals surface area (Å²) in [5.74, 6) is 0. The SMILES string of the molecule is C[C@H]1CN(c2ccc([N+](=O)[O-])c3ccccc23)CCN1. The molecule has 1 fully saturated rings. The number of nitro benzene ring substituents is 1. The number of hydrogen-bond acceptors (Lipinski definition) is 4. The first-order valence-corrected chi connectivity index (χ1v) is 6.81. The molecule has 0 saturated carbocycles. The Morgan fingerprint density at radius 2 is 2.00 bits per heavy atom. The molecule has 0 unspecified atom stereocenters. The van der Waals surface area contributed by atoms with Gasteiger partial charge in [-0.2, -0.15) is 0 Å². The third kappa shape index (κ3) is 2.20. The van der Waals surface area contributed by atoms with E-state index in [1.54, 1.807) is 6.07 Å². The third-order valence-corrected chi connectivity index (χ3v) is 3.78. The molecule has 0 amide bonds. The van der Waals surface area contributed by atoms with Gasteiger partial charge in [-0.1, -0.05) is 18.2 Å². The molecule has 2 aromatic carbocycles. The molecule has 1 aliphatic heterocycles. The minimum absolute atomic E-state index is 0.174. The van der Waals surface area contributed by atoms with Crippen LogP contribution in [0.5, 0.6) is 0 Å². The van der Waals surface area contributed by atoms with Crippen molar-refractivity contribution in [3.05, 3.63) is 46.5 Å². The molecule has 0 aliphatic carbocycles. The van der Waals surface area contributed by atoms with Gasteiger partial charge in [-0.05, 0) is 19.1 Å². The van der Waals surface area contributed by atoms with E-state index in [-0.39, 0.29) is 10.6 Å². The third-order valence-electron chi connectivity index (χ3n) is 3.78. The van der Waals surface area contributed by atoms with Gasteiger partial charge >= 0.3 is 0 Å². The van der Waals surface area contributed by atoms with Crippen molar-refractivity contribution in [1.29, 1.82) is 0 Å². The number of hydrogen-bond donors (Lipinski definition) is 1. The molecule has 1 atom stereocenters. The van der Waals surface area contributed by atoms with Gasteiger partial charge in [0.2, 0.25) is 0 Å². The largest absolute Gasteiger partial charge is 0.368 e. The van der Waals surface area contributed by atoms with Crippen molar-refractivity contribution in [2.45, 2.75) is 13.0 Å². The van der Waals surface area contributed by atoms with Gasteiger partial charge in [-0.3, -0.25) is 10.1 Å². The molecule has 5 heteroatoms. The first-order chi connectivity index (χ1) is 9.66. The molecule has 1 N–H and O–H groups in total. The van der Waals surface area contributed by atoms with Crippen LogP contribution in [-0.2, 0) is 0 Å². The number of nitrogens with zero attached hydrogens (tertiary/aromatic N) is 2. The average molecular weight is 271 g/mol. The van der Waals surface area contributed by atoms with Crippen molar-refractivity contribution in [2.24, 2.45) is 0 Å². The Bertz CT molecular complexity index is 657. The second-order valence-corrected chi connectivity index (χ2v) is 5.21. The molecule has 104 valence electrons. The Morgan fingerprint density at radius 1 is 1.25 bits per heavy atom. The zero-order valence-corrected chi connectivity index (χ0v) is 11.4. The smallest absolute Gasteiger partial charge is 0.277 e. The minimum Gasteiger partial charge on any atom is -0.368 e. The van der Waals surface area contributed by atoms with Crippen molar-refractivity contribution < 1.29 is 4.92 Å². The fraction of sp³-hybridized carbons (Fsp3) is 0.333. The summed E-state index contributed by atoms with van der Waals surface area (Å²) in [6.07, 6.45) is 0. The summed E-state index contributed by atoms with van der Waals surface area (Å²) < 4.78 is 0. The maximum Gasteiger partial charge on any atom is 0.277 e. The Labute approximate surface area is 117 Å². The van der Waals surface area contributed by atoms with Crippen LogP contribution in [0.25, 0.3) is 10.8 Å². The zero-order valence-electron chi connectivity index (χ0n) is 11.4. The molecule has 5 nitrogen and oxygen atoms in total. The van der Waals surface area contributed by atoms with E-state index in [9.17, 15) is 10.1 Å². The highest BCUT2D eigenvalue weighted by Crippen LogP contribution is 2.33. The Balaban J connectivity index is 2.12.